The second-order valence-electron chi connectivity index (χ2n) is 6.58. The van der Waals surface area contributed by atoms with E-state index in [1.54, 1.807) is 0 Å². The minimum atomic E-state index is 0.0218. The Bertz CT molecular complexity index is 415. The van der Waals surface area contributed by atoms with Crippen molar-refractivity contribution < 1.29 is 0 Å². The molecule has 0 unspecified atom stereocenters. The monoisotopic (exact) mass is 262 g/mol. The van der Waals surface area contributed by atoms with Gasteiger partial charge in [-0.15, -0.1) is 0 Å². The third kappa shape index (κ3) is 3.66. The average Bonchev–Trinajstić information content (AvgIpc) is 2.66. The first-order chi connectivity index (χ1) is 9.00. The van der Waals surface area contributed by atoms with E-state index >= 15 is 0 Å². The number of nitrogens with zero attached hydrogens (tertiary/aromatic N) is 2. The van der Waals surface area contributed by atoms with E-state index in [0.717, 1.165) is 17.3 Å². The van der Waals surface area contributed by atoms with E-state index in [4.69, 9.17) is 10.8 Å². The van der Waals surface area contributed by atoms with Gasteiger partial charge in [-0.25, -0.2) is 15.8 Å². The largest absolute Gasteiger partial charge is 0.308 e. The molecule has 0 bridgehead atoms. The van der Waals surface area contributed by atoms with Gasteiger partial charge in [-0.3, -0.25) is 0 Å². The second-order valence-corrected chi connectivity index (χ2v) is 6.58. The fourth-order valence-electron chi connectivity index (χ4n) is 2.64. The van der Waals surface area contributed by atoms with Crippen molar-refractivity contribution in [2.75, 3.05) is 5.43 Å². The predicted octanol–water partition coefficient (Wildman–Crippen LogP) is 3.50. The van der Waals surface area contributed by atoms with Gasteiger partial charge in [0.15, 0.2) is 0 Å². The lowest BCUT2D eigenvalue weighted by Crippen LogP contribution is -2.19. The van der Waals surface area contributed by atoms with Crippen molar-refractivity contribution in [3.05, 3.63) is 17.6 Å². The molecule has 1 aliphatic rings. The van der Waals surface area contributed by atoms with Crippen molar-refractivity contribution in [3.8, 4) is 0 Å². The summed E-state index contributed by atoms with van der Waals surface area (Å²) in [6, 6.07) is 1.96. The molecule has 106 valence electrons. The number of rotatable bonds is 2. The third-order valence-electron chi connectivity index (χ3n) is 3.88. The Morgan fingerprint density at radius 3 is 2.26 bits per heavy atom. The van der Waals surface area contributed by atoms with Gasteiger partial charge >= 0.3 is 0 Å². The number of nitrogens with two attached hydrogens (primary N) is 1. The molecule has 0 radical (unpaired) electrons. The van der Waals surface area contributed by atoms with Gasteiger partial charge in [0.05, 0.1) is 5.69 Å². The van der Waals surface area contributed by atoms with E-state index in [0.29, 0.717) is 5.92 Å². The maximum atomic E-state index is 5.55. The van der Waals surface area contributed by atoms with Gasteiger partial charge < -0.3 is 5.43 Å². The maximum absolute atomic E-state index is 5.55. The molecule has 0 atom stereocenters. The Labute approximate surface area is 116 Å². The van der Waals surface area contributed by atoms with Crippen LogP contribution in [0.1, 0.15) is 76.7 Å². The van der Waals surface area contributed by atoms with Crippen molar-refractivity contribution in [2.24, 2.45) is 5.84 Å². The lowest BCUT2D eigenvalue weighted by atomic mass is 9.91. The number of hydrogen-bond donors (Lipinski definition) is 2. The molecule has 4 heteroatoms. The van der Waals surface area contributed by atoms with Gasteiger partial charge in [0.1, 0.15) is 11.6 Å². The van der Waals surface area contributed by atoms with Gasteiger partial charge in [-0.05, 0) is 12.8 Å². The van der Waals surface area contributed by atoms with E-state index in [1.807, 2.05) is 6.07 Å². The summed E-state index contributed by atoms with van der Waals surface area (Å²) in [5, 5.41) is 0. The average molecular weight is 262 g/mol. The lowest BCUT2D eigenvalue weighted by molar-refractivity contribution is 0.528. The van der Waals surface area contributed by atoms with Crippen LogP contribution in [-0.2, 0) is 5.41 Å². The van der Waals surface area contributed by atoms with Crippen molar-refractivity contribution in [1.29, 1.82) is 0 Å². The third-order valence-corrected chi connectivity index (χ3v) is 3.88. The molecule has 1 aromatic rings. The van der Waals surface area contributed by atoms with E-state index in [2.05, 4.69) is 31.2 Å². The highest BCUT2D eigenvalue weighted by Gasteiger charge is 2.22. The topological polar surface area (TPSA) is 63.8 Å². The summed E-state index contributed by atoms with van der Waals surface area (Å²) >= 11 is 0. The van der Waals surface area contributed by atoms with Crippen LogP contribution in [0.15, 0.2) is 6.07 Å². The molecule has 1 aliphatic carbocycles. The van der Waals surface area contributed by atoms with Crippen molar-refractivity contribution in [3.63, 3.8) is 0 Å². The molecule has 0 saturated heterocycles. The predicted molar refractivity (Wildman–Crippen MR) is 79.0 cm³/mol. The molecule has 3 N–H and O–H groups in total. The van der Waals surface area contributed by atoms with Gasteiger partial charge in [0, 0.05) is 17.4 Å². The lowest BCUT2D eigenvalue weighted by Gasteiger charge is -2.21. The fraction of sp³-hybridized carbons (Fsp3) is 0.733. The molecule has 1 aromatic heterocycles. The minimum absolute atomic E-state index is 0.0218. The van der Waals surface area contributed by atoms with Crippen LogP contribution >= 0.6 is 0 Å². The van der Waals surface area contributed by atoms with E-state index < -0.39 is 0 Å². The smallest absolute Gasteiger partial charge is 0.143 e. The van der Waals surface area contributed by atoms with Gasteiger partial charge in [-0.2, -0.15) is 0 Å². The molecule has 4 nitrogen and oxygen atoms in total. The highest BCUT2D eigenvalue weighted by atomic mass is 15.3. The van der Waals surface area contributed by atoms with Crippen molar-refractivity contribution in [1.82, 2.24) is 9.97 Å². The summed E-state index contributed by atoms with van der Waals surface area (Å²) in [7, 11) is 0. The van der Waals surface area contributed by atoms with Crippen molar-refractivity contribution in [2.45, 2.75) is 70.6 Å². The minimum Gasteiger partial charge on any atom is -0.308 e. The van der Waals surface area contributed by atoms with E-state index in [-0.39, 0.29) is 5.41 Å². The molecular formula is C15H26N4. The number of nitrogens with one attached hydrogen (secondary N) is 1. The van der Waals surface area contributed by atoms with Crippen LogP contribution in [-0.4, -0.2) is 9.97 Å². The van der Waals surface area contributed by atoms with Crippen LogP contribution in [0.4, 0.5) is 5.82 Å². The summed E-state index contributed by atoms with van der Waals surface area (Å²) in [5.74, 6) is 7.76. The summed E-state index contributed by atoms with van der Waals surface area (Å²) in [6.45, 7) is 6.52. The molecule has 0 aromatic carbocycles. The number of hydrazine groups is 1. The highest BCUT2D eigenvalue weighted by molar-refractivity contribution is 5.37. The normalized spacial score (nSPS) is 18.1. The molecule has 2 rings (SSSR count). The number of aromatic nitrogens is 2. The molecule has 19 heavy (non-hydrogen) atoms. The van der Waals surface area contributed by atoms with E-state index in [1.165, 1.54) is 38.5 Å². The summed E-state index contributed by atoms with van der Waals surface area (Å²) in [5.41, 5.74) is 3.77. The second kappa shape index (κ2) is 5.87. The first kappa shape index (κ1) is 14.3. The highest BCUT2D eigenvalue weighted by Crippen LogP contribution is 2.31. The van der Waals surface area contributed by atoms with Crippen LogP contribution in [0.3, 0.4) is 0 Å². The fourth-order valence-corrected chi connectivity index (χ4v) is 2.64. The van der Waals surface area contributed by atoms with E-state index in [9.17, 15) is 0 Å². The molecule has 1 heterocycles. The van der Waals surface area contributed by atoms with Crippen LogP contribution in [0, 0.1) is 0 Å². The molecule has 1 saturated carbocycles. The first-order valence-corrected chi connectivity index (χ1v) is 7.37. The zero-order valence-electron chi connectivity index (χ0n) is 12.4. The Morgan fingerprint density at radius 1 is 1.11 bits per heavy atom. The molecule has 0 amide bonds. The Hall–Kier alpha value is -1.16. The summed E-state index contributed by atoms with van der Waals surface area (Å²) < 4.78 is 0. The number of nitrogen functional groups attached to an aromatic ring is 1. The number of anilines is 1. The Kier molecular flexibility index (Phi) is 4.40. The van der Waals surface area contributed by atoms with Gasteiger partial charge in [0.2, 0.25) is 0 Å². The summed E-state index contributed by atoms with van der Waals surface area (Å²) in [6.07, 6.45) is 7.68. The zero-order valence-corrected chi connectivity index (χ0v) is 12.4. The van der Waals surface area contributed by atoms with Gasteiger partial charge in [0.25, 0.3) is 0 Å². The van der Waals surface area contributed by atoms with Crippen molar-refractivity contribution >= 4 is 5.82 Å². The molecule has 0 spiro atoms. The summed E-state index contributed by atoms with van der Waals surface area (Å²) in [4.78, 5) is 9.39. The zero-order chi connectivity index (χ0) is 13.9. The molecule has 0 aliphatic heterocycles. The Balaban J connectivity index is 2.33. The standard InChI is InChI=1S/C15H26N4/c1-15(2,3)12-10-13(19-16)18-14(17-12)11-8-6-4-5-7-9-11/h10-11H,4-9,16H2,1-3H3,(H,17,18,19). The first-order valence-electron chi connectivity index (χ1n) is 7.37. The molecular weight excluding hydrogens is 236 g/mol. The maximum Gasteiger partial charge on any atom is 0.143 e. The quantitative estimate of drug-likeness (QED) is 0.486. The van der Waals surface area contributed by atoms with Crippen LogP contribution < -0.4 is 11.3 Å². The van der Waals surface area contributed by atoms with Crippen LogP contribution in [0.2, 0.25) is 0 Å². The number of hydrogen-bond acceptors (Lipinski definition) is 4. The van der Waals surface area contributed by atoms with Crippen LogP contribution in [0.5, 0.6) is 0 Å². The Morgan fingerprint density at radius 2 is 1.74 bits per heavy atom. The van der Waals surface area contributed by atoms with Gasteiger partial charge in [-0.1, -0.05) is 46.5 Å². The molecule has 1 fully saturated rings. The SMILES string of the molecule is CC(C)(C)c1cc(NN)nc(C2CCCCCC2)n1. The van der Waals surface area contributed by atoms with Crippen LogP contribution in [0.25, 0.3) is 0 Å².